The lowest BCUT2D eigenvalue weighted by molar-refractivity contribution is -0.394. The number of hydrogen-bond acceptors (Lipinski definition) is 12. The van der Waals surface area contributed by atoms with Crippen LogP contribution in [0.5, 0.6) is 0 Å². The number of pyridine rings is 4. The van der Waals surface area contributed by atoms with E-state index in [1.165, 1.54) is 24.3 Å². The number of rotatable bonds is 10. The Morgan fingerprint density at radius 1 is 0.440 bits per heavy atom. The summed E-state index contributed by atoms with van der Waals surface area (Å²) in [5.41, 5.74) is 3.44. The van der Waals surface area contributed by atoms with Crippen LogP contribution in [0.15, 0.2) is 122 Å². The van der Waals surface area contributed by atoms with Crippen molar-refractivity contribution in [1.29, 1.82) is 0 Å². The molecule has 4 aromatic heterocycles. The van der Waals surface area contributed by atoms with Crippen LogP contribution >= 0.6 is 0 Å². The summed E-state index contributed by atoms with van der Waals surface area (Å²) in [6, 6.07) is 28.9. The van der Waals surface area contributed by atoms with E-state index in [-0.39, 0.29) is 35.6 Å². The van der Waals surface area contributed by atoms with Crippen molar-refractivity contribution in [2.24, 2.45) is 0 Å². The van der Waals surface area contributed by atoms with E-state index in [1.54, 1.807) is 60.9 Å². The van der Waals surface area contributed by atoms with Crippen molar-refractivity contribution >= 4 is 22.7 Å². The van der Waals surface area contributed by atoms with E-state index in [2.05, 4.69) is 19.9 Å². The van der Waals surface area contributed by atoms with E-state index in [9.17, 15) is 40.5 Å². The molecule has 16 nitrogen and oxygen atoms in total. The van der Waals surface area contributed by atoms with Gasteiger partial charge in [-0.15, -0.1) is 0 Å². The molecule has 0 fully saturated rings. The van der Waals surface area contributed by atoms with Gasteiger partial charge < -0.3 is 0 Å². The molecule has 0 spiro atoms. The summed E-state index contributed by atoms with van der Waals surface area (Å²) in [7, 11) is 0. The molecule has 0 aliphatic heterocycles. The third-order valence-corrected chi connectivity index (χ3v) is 7.16. The quantitative estimate of drug-likeness (QED) is 0.105. The standard InChI is InChI=1S/2C17H12N4O4/c2*22-20(23)14-8-7-12(17(11-14)21(24)25)10-13-4-3-6-16(19-13)15-5-1-2-9-18-15/h2*1-9,11H,10H2. The van der Waals surface area contributed by atoms with Gasteiger partial charge in [-0.05, 0) is 60.7 Å². The molecular weight excluding hydrogens is 648 g/mol. The first-order chi connectivity index (χ1) is 24.1. The van der Waals surface area contributed by atoms with Gasteiger partial charge in [-0.25, -0.2) is 0 Å². The highest BCUT2D eigenvalue weighted by Gasteiger charge is 2.21. The molecule has 4 heterocycles. The molecule has 0 saturated heterocycles. The number of aromatic nitrogens is 4. The first-order valence-electron chi connectivity index (χ1n) is 14.7. The maximum absolute atomic E-state index is 11.2. The molecule has 0 amide bonds. The number of nitrogens with zero attached hydrogens (tertiary/aromatic N) is 8. The second-order valence-corrected chi connectivity index (χ2v) is 10.5. The average molecular weight is 673 g/mol. The van der Waals surface area contributed by atoms with Gasteiger partial charge in [-0.1, -0.05) is 24.3 Å². The van der Waals surface area contributed by atoms with Crippen molar-refractivity contribution in [2.45, 2.75) is 12.8 Å². The van der Waals surface area contributed by atoms with Gasteiger partial charge in [0, 0.05) is 59.9 Å². The van der Waals surface area contributed by atoms with Crippen LogP contribution in [0.4, 0.5) is 22.7 Å². The van der Waals surface area contributed by atoms with Gasteiger partial charge in [-0.2, -0.15) is 0 Å². The van der Waals surface area contributed by atoms with Crippen LogP contribution in [-0.2, 0) is 12.8 Å². The van der Waals surface area contributed by atoms with Crippen LogP contribution in [0.25, 0.3) is 22.8 Å². The summed E-state index contributed by atoms with van der Waals surface area (Å²) in [6.45, 7) is 0. The van der Waals surface area contributed by atoms with Crippen molar-refractivity contribution in [3.05, 3.63) is 185 Å². The maximum Gasteiger partial charge on any atom is 0.279 e. The Balaban J connectivity index is 0.000000194. The van der Waals surface area contributed by atoms with Crippen molar-refractivity contribution < 1.29 is 19.7 Å². The van der Waals surface area contributed by atoms with Gasteiger partial charge in [0.2, 0.25) is 0 Å². The molecule has 16 heteroatoms. The highest BCUT2D eigenvalue weighted by molar-refractivity contribution is 5.56. The molecule has 248 valence electrons. The monoisotopic (exact) mass is 672 g/mol. The fourth-order valence-corrected chi connectivity index (χ4v) is 4.83. The van der Waals surface area contributed by atoms with Crippen molar-refractivity contribution in [3.8, 4) is 22.8 Å². The van der Waals surface area contributed by atoms with Gasteiger partial charge in [0.25, 0.3) is 22.7 Å². The summed E-state index contributed by atoms with van der Waals surface area (Å²) < 4.78 is 0. The third kappa shape index (κ3) is 8.51. The number of benzene rings is 2. The zero-order chi connectivity index (χ0) is 35.6. The van der Waals surface area contributed by atoms with Crippen LogP contribution in [0.2, 0.25) is 0 Å². The Hall–Kier alpha value is -7.36. The van der Waals surface area contributed by atoms with Crippen molar-refractivity contribution in [1.82, 2.24) is 19.9 Å². The lowest BCUT2D eigenvalue weighted by Gasteiger charge is -2.05. The Labute approximate surface area is 282 Å². The van der Waals surface area contributed by atoms with Crippen LogP contribution in [-0.4, -0.2) is 39.6 Å². The Kier molecular flexibility index (Phi) is 10.5. The highest BCUT2D eigenvalue weighted by Crippen LogP contribution is 2.28. The number of hydrogen-bond donors (Lipinski definition) is 0. The van der Waals surface area contributed by atoms with Gasteiger partial charge in [0.05, 0.1) is 54.6 Å². The Bertz CT molecular complexity index is 2050. The van der Waals surface area contributed by atoms with Crippen LogP contribution in [0, 0.1) is 40.5 Å². The number of nitro groups is 4. The molecule has 6 aromatic rings. The molecule has 50 heavy (non-hydrogen) atoms. The van der Waals surface area contributed by atoms with E-state index in [4.69, 9.17) is 0 Å². The van der Waals surface area contributed by atoms with E-state index in [1.807, 2.05) is 24.3 Å². The topological polar surface area (TPSA) is 224 Å². The van der Waals surface area contributed by atoms with Gasteiger partial charge >= 0.3 is 0 Å². The molecule has 0 saturated carbocycles. The Morgan fingerprint density at radius 2 is 0.840 bits per heavy atom. The molecule has 0 atom stereocenters. The molecule has 2 aromatic carbocycles. The predicted octanol–water partition coefficient (Wildman–Crippen LogP) is 7.10. The number of non-ortho nitro benzene ring substituents is 2. The van der Waals surface area contributed by atoms with Crippen molar-refractivity contribution in [2.75, 3.05) is 0 Å². The fourth-order valence-electron chi connectivity index (χ4n) is 4.83. The minimum absolute atomic E-state index is 0.189. The highest BCUT2D eigenvalue weighted by atomic mass is 16.6. The van der Waals surface area contributed by atoms with E-state index >= 15 is 0 Å². The molecule has 0 bridgehead atoms. The minimum Gasteiger partial charge on any atom is -0.258 e. The number of nitro benzene ring substituents is 4. The molecule has 0 aliphatic rings. The normalized spacial score (nSPS) is 10.4. The summed E-state index contributed by atoms with van der Waals surface area (Å²) >= 11 is 0. The first-order valence-corrected chi connectivity index (χ1v) is 14.7. The smallest absolute Gasteiger partial charge is 0.258 e. The van der Waals surface area contributed by atoms with Gasteiger partial charge in [-0.3, -0.25) is 60.4 Å². The van der Waals surface area contributed by atoms with Crippen molar-refractivity contribution in [3.63, 3.8) is 0 Å². The van der Waals surface area contributed by atoms with Crippen LogP contribution < -0.4 is 0 Å². The van der Waals surface area contributed by atoms with Crippen LogP contribution in [0.3, 0.4) is 0 Å². The second kappa shape index (κ2) is 15.5. The fraction of sp³-hybridized carbons (Fsp3) is 0.0588. The maximum atomic E-state index is 11.2. The molecule has 0 unspecified atom stereocenters. The molecule has 0 aliphatic carbocycles. The van der Waals surface area contributed by atoms with Crippen LogP contribution in [0.1, 0.15) is 22.5 Å². The molecule has 6 rings (SSSR count). The Morgan fingerprint density at radius 3 is 1.18 bits per heavy atom. The summed E-state index contributed by atoms with van der Waals surface area (Å²) in [5, 5.41) is 44.1. The van der Waals surface area contributed by atoms with E-state index in [0.29, 0.717) is 45.3 Å². The molecule has 0 radical (unpaired) electrons. The summed E-state index contributed by atoms with van der Waals surface area (Å²) in [6.07, 6.45) is 3.69. The zero-order valence-electron chi connectivity index (χ0n) is 25.8. The van der Waals surface area contributed by atoms with Gasteiger partial charge in [0.15, 0.2) is 0 Å². The second-order valence-electron chi connectivity index (χ2n) is 10.5. The summed E-state index contributed by atoms with van der Waals surface area (Å²) in [5.74, 6) is 0. The average Bonchev–Trinajstić information content (AvgIpc) is 3.13. The minimum atomic E-state index is -0.656. The largest absolute Gasteiger partial charge is 0.279 e. The third-order valence-electron chi connectivity index (χ3n) is 7.16. The zero-order valence-corrected chi connectivity index (χ0v) is 25.8. The molecular formula is C34H24N8O8. The lowest BCUT2D eigenvalue weighted by atomic mass is 10.1. The van der Waals surface area contributed by atoms with E-state index < -0.39 is 19.7 Å². The predicted molar refractivity (Wildman–Crippen MR) is 180 cm³/mol. The lowest BCUT2D eigenvalue weighted by Crippen LogP contribution is -2.00. The summed E-state index contributed by atoms with van der Waals surface area (Å²) in [4.78, 5) is 58.9. The van der Waals surface area contributed by atoms with E-state index in [0.717, 1.165) is 12.1 Å². The first kappa shape index (κ1) is 34.0. The molecule has 0 N–H and O–H groups in total. The SMILES string of the molecule is O=[N+]([O-])c1ccc(Cc2cccc(-c3ccccn3)n2)c([N+](=O)[O-])c1.O=[N+]([O-])c1ccc(Cc2cccc(-c3ccccn3)n2)c([N+](=O)[O-])c1. The van der Waals surface area contributed by atoms with Gasteiger partial charge in [0.1, 0.15) is 0 Å².